The SMILES string of the molecule is CCC(CC(=C(C(N)=O)c1cc(C)c(C)cc1C)c1ccc(S(=O)(=O)CCCCC(C)C(F)(F)F)cn1)c1cccnn1. The highest BCUT2D eigenvalue weighted by molar-refractivity contribution is 7.91. The van der Waals surface area contributed by atoms with Crippen molar-refractivity contribution in [2.24, 2.45) is 11.7 Å². The molecule has 0 bridgehead atoms. The molecule has 1 amide bonds. The van der Waals surface area contributed by atoms with Gasteiger partial charge >= 0.3 is 6.18 Å². The maximum absolute atomic E-state index is 13.1. The van der Waals surface area contributed by atoms with E-state index < -0.39 is 27.8 Å². The summed E-state index contributed by atoms with van der Waals surface area (Å²) in [6.07, 6.45) is -0.359. The number of alkyl halides is 3. The number of carbonyl (C=O) groups is 1. The first-order valence-corrected chi connectivity index (χ1v) is 16.0. The van der Waals surface area contributed by atoms with Crippen LogP contribution in [0.3, 0.4) is 0 Å². The molecule has 3 aromatic rings. The number of unbranched alkanes of at least 4 members (excludes halogenated alkanes) is 1. The molecule has 232 valence electrons. The van der Waals surface area contributed by atoms with Gasteiger partial charge in [-0.05, 0) is 98.5 Å². The Balaban J connectivity index is 2.03. The highest BCUT2D eigenvalue weighted by Crippen LogP contribution is 2.37. The summed E-state index contributed by atoms with van der Waals surface area (Å²) in [4.78, 5) is 17.5. The van der Waals surface area contributed by atoms with Crippen LogP contribution in [0.5, 0.6) is 0 Å². The van der Waals surface area contributed by atoms with Crippen LogP contribution in [-0.4, -0.2) is 41.4 Å². The van der Waals surface area contributed by atoms with Crippen molar-refractivity contribution in [1.82, 2.24) is 15.2 Å². The Kier molecular flexibility index (Phi) is 11.2. The van der Waals surface area contributed by atoms with Gasteiger partial charge in [0.1, 0.15) is 0 Å². The molecule has 0 aliphatic carbocycles. The van der Waals surface area contributed by atoms with Gasteiger partial charge in [-0.25, -0.2) is 8.42 Å². The Labute approximate surface area is 251 Å². The van der Waals surface area contributed by atoms with Crippen LogP contribution in [0.25, 0.3) is 11.1 Å². The quantitative estimate of drug-likeness (QED) is 0.165. The van der Waals surface area contributed by atoms with Crippen LogP contribution in [0, 0.1) is 26.7 Å². The molecule has 0 aliphatic heterocycles. The van der Waals surface area contributed by atoms with Crippen LogP contribution in [-0.2, 0) is 14.6 Å². The highest BCUT2D eigenvalue weighted by Gasteiger charge is 2.35. The molecule has 0 spiro atoms. The molecule has 2 aromatic heterocycles. The van der Waals surface area contributed by atoms with E-state index in [-0.39, 0.29) is 35.8 Å². The van der Waals surface area contributed by atoms with Gasteiger partial charge in [-0.15, -0.1) is 0 Å². The second-order valence-corrected chi connectivity index (χ2v) is 13.2. The lowest BCUT2D eigenvalue weighted by Crippen LogP contribution is -2.19. The maximum atomic E-state index is 13.1. The molecule has 11 heteroatoms. The average molecular weight is 617 g/mol. The van der Waals surface area contributed by atoms with Crippen molar-refractivity contribution in [3.05, 3.63) is 82.4 Å². The van der Waals surface area contributed by atoms with E-state index >= 15 is 0 Å². The van der Waals surface area contributed by atoms with Gasteiger partial charge in [0.05, 0.1) is 33.5 Å². The third-order valence-corrected chi connectivity index (χ3v) is 9.66. The van der Waals surface area contributed by atoms with Gasteiger partial charge in [0.15, 0.2) is 9.84 Å². The van der Waals surface area contributed by atoms with Crippen LogP contribution in [0.2, 0.25) is 0 Å². The summed E-state index contributed by atoms with van der Waals surface area (Å²) >= 11 is 0. The fourth-order valence-corrected chi connectivity index (χ4v) is 6.32. The average Bonchev–Trinajstić information content (AvgIpc) is 2.95. The normalized spacial score (nSPS) is 14.2. The van der Waals surface area contributed by atoms with Crippen molar-refractivity contribution in [2.45, 2.75) is 83.7 Å². The lowest BCUT2D eigenvalue weighted by atomic mass is 9.85. The van der Waals surface area contributed by atoms with Crippen LogP contribution in [0.15, 0.2) is 53.7 Å². The van der Waals surface area contributed by atoms with E-state index in [2.05, 4.69) is 15.2 Å². The number of allylic oxidation sites excluding steroid dienone is 1. The van der Waals surface area contributed by atoms with Gasteiger partial charge in [-0.1, -0.05) is 32.4 Å². The third-order valence-electron chi connectivity index (χ3n) is 7.88. The van der Waals surface area contributed by atoms with Crippen molar-refractivity contribution in [2.75, 3.05) is 5.75 Å². The van der Waals surface area contributed by atoms with Crippen molar-refractivity contribution in [3.8, 4) is 0 Å². The van der Waals surface area contributed by atoms with Gasteiger partial charge in [-0.3, -0.25) is 9.78 Å². The number of nitrogens with zero attached hydrogens (tertiary/aromatic N) is 3. The highest BCUT2D eigenvalue weighted by atomic mass is 32.2. The zero-order valence-corrected chi connectivity index (χ0v) is 26.0. The molecule has 2 N–H and O–H groups in total. The Morgan fingerprint density at radius 1 is 1.02 bits per heavy atom. The molecular weight excluding hydrogens is 577 g/mol. The number of halogens is 3. The van der Waals surface area contributed by atoms with Crippen molar-refractivity contribution in [3.63, 3.8) is 0 Å². The van der Waals surface area contributed by atoms with Gasteiger partial charge in [0, 0.05) is 18.3 Å². The summed E-state index contributed by atoms with van der Waals surface area (Å²) in [6.45, 7) is 8.93. The van der Waals surface area contributed by atoms with Crippen LogP contribution < -0.4 is 5.73 Å². The van der Waals surface area contributed by atoms with Gasteiger partial charge in [0.25, 0.3) is 0 Å². The topological polar surface area (TPSA) is 116 Å². The summed E-state index contributed by atoms with van der Waals surface area (Å²) in [7, 11) is -3.78. The van der Waals surface area contributed by atoms with E-state index in [0.29, 0.717) is 35.2 Å². The standard InChI is InChI=1S/C32H39F3N4O3S/c1-6-24(28-11-9-14-38-39-28)18-27(30(31(36)40)26-17-21(3)20(2)16-22(26)4)29-13-12-25(19-37-29)43(41,42)15-8-7-10-23(5)32(33,34)35/h9,11-14,16-17,19,23-24H,6-8,10,15,18H2,1-5H3,(H2,36,40). The van der Waals surface area contributed by atoms with Gasteiger partial charge in [-0.2, -0.15) is 23.4 Å². The summed E-state index contributed by atoms with van der Waals surface area (Å²) in [5, 5.41) is 8.27. The molecular formula is C32H39F3N4O3S. The number of sulfone groups is 1. The summed E-state index contributed by atoms with van der Waals surface area (Å²) in [5.41, 5.74) is 11.6. The fourth-order valence-electron chi connectivity index (χ4n) is 5.01. The van der Waals surface area contributed by atoms with Crippen molar-refractivity contribution < 1.29 is 26.4 Å². The number of aryl methyl sites for hydroxylation is 3. The Bertz CT molecular complexity index is 1560. The third kappa shape index (κ3) is 8.72. The largest absolute Gasteiger partial charge is 0.391 e. The van der Waals surface area contributed by atoms with Gasteiger partial charge < -0.3 is 5.73 Å². The molecule has 43 heavy (non-hydrogen) atoms. The van der Waals surface area contributed by atoms with E-state index in [1.54, 1.807) is 18.3 Å². The molecule has 0 aliphatic rings. The Hall–Kier alpha value is -3.60. The molecule has 0 fully saturated rings. The minimum Gasteiger partial charge on any atom is -0.366 e. The zero-order valence-electron chi connectivity index (χ0n) is 25.2. The zero-order chi connectivity index (χ0) is 31.9. The molecule has 2 unspecified atom stereocenters. The number of hydrogen-bond acceptors (Lipinski definition) is 6. The first-order valence-electron chi connectivity index (χ1n) is 14.3. The second kappa shape index (κ2) is 14.2. The molecule has 2 atom stereocenters. The van der Waals surface area contributed by atoms with E-state index in [4.69, 9.17) is 5.73 Å². The monoisotopic (exact) mass is 616 g/mol. The summed E-state index contributed by atoms with van der Waals surface area (Å²) in [6, 6.07) is 10.5. The van der Waals surface area contributed by atoms with E-state index in [0.717, 1.165) is 29.3 Å². The lowest BCUT2D eigenvalue weighted by Gasteiger charge is -2.21. The van der Waals surface area contributed by atoms with E-state index in [1.807, 2.05) is 45.9 Å². The predicted octanol–water partition coefficient (Wildman–Crippen LogP) is 6.92. The van der Waals surface area contributed by atoms with Crippen LogP contribution >= 0.6 is 0 Å². The predicted molar refractivity (Wildman–Crippen MR) is 162 cm³/mol. The first-order chi connectivity index (χ1) is 20.2. The smallest absolute Gasteiger partial charge is 0.366 e. The minimum atomic E-state index is -4.30. The molecule has 1 aromatic carbocycles. The Morgan fingerprint density at radius 3 is 2.28 bits per heavy atom. The molecule has 0 radical (unpaired) electrons. The second-order valence-electron chi connectivity index (χ2n) is 11.1. The number of amides is 1. The van der Waals surface area contributed by atoms with E-state index in [9.17, 15) is 26.4 Å². The lowest BCUT2D eigenvalue weighted by molar-refractivity contribution is -0.171. The molecule has 7 nitrogen and oxygen atoms in total. The number of pyridine rings is 1. The number of aromatic nitrogens is 3. The number of carbonyl (C=O) groups excluding carboxylic acids is 1. The van der Waals surface area contributed by atoms with E-state index in [1.165, 1.54) is 12.3 Å². The molecule has 0 saturated carbocycles. The number of benzene rings is 1. The summed E-state index contributed by atoms with van der Waals surface area (Å²) < 4.78 is 64.3. The molecule has 2 heterocycles. The summed E-state index contributed by atoms with van der Waals surface area (Å²) in [5.74, 6) is -2.55. The first kappa shape index (κ1) is 33.9. The number of rotatable bonds is 13. The minimum absolute atomic E-state index is 0.0385. The molecule has 3 rings (SSSR count). The Morgan fingerprint density at radius 2 is 1.72 bits per heavy atom. The number of primary amides is 1. The van der Waals surface area contributed by atoms with Gasteiger partial charge in [0.2, 0.25) is 5.91 Å². The maximum Gasteiger partial charge on any atom is 0.391 e. The number of nitrogens with two attached hydrogens (primary N) is 1. The van der Waals surface area contributed by atoms with Crippen molar-refractivity contribution >= 4 is 26.9 Å². The fraction of sp³-hybridized carbons (Fsp3) is 0.438. The van der Waals surface area contributed by atoms with Crippen molar-refractivity contribution in [1.29, 1.82) is 0 Å². The van der Waals surface area contributed by atoms with Crippen LogP contribution in [0.1, 0.15) is 85.5 Å². The molecule has 0 saturated heterocycles. The number of hydrogen-bond donors (Lipinski definition) is 1. The van der Waals surface area contributed by atoms with Crippen LogP contribution in [0.4, 0.5) is 13.2 Å².